The molecule has 0 aliphatic carbocycles. The van der Waals surface area contributed by atoms with Gasteiger partial charge in [-0.3, -0.25) is 10.1 Å². The van der Waals surface area contributed by atoms with Gasteiger partial charge in [0.1, 0.15) is 0 Å². The second kappa shape index (κ2) is 6.15. The number of amides is 1. The Labute approximate surface area is 139 Å². The number of carbonyl (C=O) groups excluding carboxylic acids is 1. The molecule has 0 atom stereocenters. The number of carbonyl (C=O) groups is 1. The maximum Gasteiger partial charge on any atom is 0.267 e. The van der Waals surface area contributed by atoms with Crippen molar-refractivity contribution in [2.75, 3.05) is 5.32 Å². The first-order chi connectivity index (χ1) is 10.1. The molecule has 1 N–H and O–H groups in total. The Hall–Kier alpha value is -1.40. The van der Waals surface area contributed by atoms with Crippen LogP contribution >= 0.6 is 45.9 Å². The maximum absolute atomic E-state index is 11.9. The third-order valence-electron chi connectivity index (χ3n) is 2.68. The van der Waals surface area contributed by atoms with Crippen molar-refractivity contribution in [1.29, 1.82) is 0 Å². The van der Waals surface area contributed by atoms with Crippen LogP contribution in [0.3, 0.4) is 0 Å². The van der Waals surface area contributed by atoms with E-state index < -0.39 is 0 Å². The van der Waals surface area contributed by atoms with E-state index in [2.05, 4.69) is 10.3 Å². The van der Waals surface area contributed by atoms with Crippen LogP contribution in [-0.2, 0) is 0 Å². The van der Waals surface area contributed by atoms with E-state index in [9.17, 15) is 4.79 Å². The van der Waals surface area contributed by atoms with Crippen LogP contribution in [0.1, 0.15) is 9.67 Å². The average molecular weight is 355 g/mol. The van der Waals surface area contributed by atoms with Gasteiger partial charge in [0.2, 0.25) is 0 Å². The minimum absolute atomic E-state index is 0.153. The van der Waals surface area contributed by atoms with Crippen molar-refractivity contribution in [2.24, 2.45) is 0 Å². The predicted octanol–water partition coefficient (Wildman–Crippen LogP) is 5.43. The summed E-state index contributed by atoms with van der Waals surface area (Å²) in [5.74, 6) is -0.153. The maximum atomic E-state index is 11.9. The lowest BCUT2D eigenvalue weighted by Crippen LogP contribution is -2.09. The van der Waals surface area contributed by atoms with E-state index in [0.717, 1.165) is 11.3 Å². The zero-order valence-electron chi connectivity index (χ0n) is 10.5. The summed E-state index contributed by atoms with van der Waals surface area (Å²) in [4.78, 5) is 17.0. The summed E-state index contributed by atoms with van der Waals surface area (Å²) in [6, 6.07) is 8.93. The normalized spacial score (nSPS) is 10.6. The van der Waals surface area contributed by atoms with Crippen LogP contribution in [0, 0.1) is 0 Å². The topological polar surface area (TPSA) is 42.0 Å². The SMILES string of the molecule is O=C(Nc1nc(-c2ccc(Cl)c(Cl)c2)cs1)c1cccs1. The minimum Gasteiger partial charge on any atom is -0.297 e. The number of halogens is 2. The molecule has 7 heteroatoms. The first-order valence-corrected chi connectivity index (χ1v) is 8.41. The molecule has 106 valence electrons. The number of hydrogen-bond donors (Lipinski definition) is 1. The summed E-state index contributed by atoms with van der Waals surface area (Å²) in [7, 11) is 0. The highest BCUT2D eigenvalue weighted by Crippen LogP contribution is 2.30. The molecule has 3 rings (SSSR count). The van der Waals surface area contributed by atoms with Crippen molar-refractivity contribution in [2.45, 2.75) is 0 Å². The summed E-state index contributed by atoms with van der Waals surface area (Å²) >= 11 is 14.6. The molecule has 0 saturated carbocycles. The van der Waals surface area contributed by atoms with Crippen LogP contribution in [0.4, 0.5) is 5.13 Å². The molecule has 0 aliphatic heterocycles. The van der Waals surface area contributed by atoms with Gasteiger partial charge in [0.25, 0.3) is 5.91 Å². The molecule has 0 aliphatic rings. The predicted molar refractivity (Wildman–Crippen MR) is 89.8 cm³/mol. The lowest BCUT2D eigenvalue weighted by molar-refractivity contribution is 0.103. The number of aromatic nitrogens is 1. The molecule has 2 heterocycles. The van der Waals surface area contributed by atoms with Gasteiger partial charge in [0, 0.05) is 10.9 Å². The molecule has 0 radical (unpaired) electrons. The molecule has 0 fully saturated rings. The number of nitrogens with zero attached hydrogens (tertiary/aromatic N) is 1. The summed E-state index contributed by atoms with van der Waals surface area (Å²) in [6.07, 6.45) is 0. The number of thiazole rings is 1. The number of rotatable bonds is 3. The highest BCUT2D eigenvalue weighted by Gasteiger charge is 2.11. The van der Waals surface area contributed by atoms with Crippen molar-refractivity contribution in [3.05, 3.63) is 56.0 Å². The van der Waals surface area contributed by atoms with Gasteiger partial charge in [-0.05, 0) is 23.6 Å². The van der Waals surface area contributed by atoms with Gasteiger partial charge >= 0.3 is 0 Å². The van der Waals surface area contributed by atoms with E-state index >= 15 is 0 Å². The lowest BCUT2D eigenvalue weighted by Gasteiger charge is -2.00. The molecule has 1 amide bonds. The second-order valence-corrected chi connectivity index (χ2v) is 6.72. The van der Waals surface area contributed by atoms with Crippen LogP contribution in [0.5, 0.6) is 0 Å². The molecular formula is C14H8Cl2N2OS2. The van der Waals surface area contributed by atoms with E-state index in [4.69, 9.17) is 23.2 Å². The summed E-state index contributed by atoms with van der Waals surface area (Å²) in [6.45, 7) is 0. The van der Waals surface area contributed by atoms with E-state index in [1.807, 2.05) is 22.9 Å². The van der Waals surface area contributed by atoms with Crippen LogP contribution in [0.2, 0.25) is 10.0 Å². The number of benzene rings is 1. The van der Waals surface area contributed by atoms with E-state index in [-0.39, 0.29) is 5.91 Å². The van der Waals surface area contributed by atoms with Crippen molar-refractivity contribution in [3.63, 3.8) is 0 Å². The Morgan fingerprint density at radius 1 is 1.14 bits per heavy atom. The molecule has 0 saturated heterocycles. The highest BCUT2D eigenvalue weighted by atomic mass is 35.5. The van der Waals surface area contributed by atoms with Gasteiger partial charge in [0.15, 0.2) is 5.13 Å². The van der Waals surface area contributed by atoms with Gasteiger partial charge < -0.3 is 0 Å². The van der Waals surface area contributed by atoms with Gasteiger partial charge in [-0.1, -0.05) is 35.3 Å². The number of anilines is 1. The van der Waals surface area contributed by atoms with E-state index in [1.165, 1.54) is 22.7 Å². The van der Waals surface area contributed by atoms with Crippen molar-refractivity contribution < 1.29 is 4.79 Å². The van der Waals surface area contributed by atoms with E-state index in [0.29, 0.717) is 20.1 Å². The molecule has 0 unspecified atom stereocenters. The fraction of sp³-hybridized carbons (Fsp3) is 0. The summed E-state index contributed by atoms with van der Waals surface area (Å²) < 4.78 is 0. The Bertz CT molecular complexity index is 784. The van der Waals surface area contributed by atoms with Crippen molar-refractivity contribution in [3.8, 4) is 11.3 Å². The minimum atomic E-state index is -0.153. The average Bonchev–Trinajstić information content (AvgIpc) is 3.12. The zero-order chi connectivity index (χ0) is 14.8. The highest BCUT2D eigenvalue weighted by molar-refractivity contribution is 7.14. The van der Waals surface area contributed by atoms with Crippen molar-refractivity contribution >= 4 is 56.9 Å². The molecule has 3 nitrogen and oxygen atoms in total. The second-order valence-electron chi connectivity index (χ2n) is 4.10. The molecule has 3 aromatic rings. The van der Waals surface area contributed by atoms with Crippen molar-refractivity contribution in [1.82, 2.24) is 4.98 Å². The quantitative estimate of drug-likeness (QED) is 0.681. The number of nitrogens with one attached hydrogen (secondary N) is 1. The van der Waals surface area contributed by atoms with Gasteiger partial charge in [0.05, 0.1) is 20.6 Å². The van der Waals surface area contributed by atoms with Crippen LogP contribution in [0.25, 0.3) is 11.3 Å². The molecule has 21 heavy (non-hydrogen) atoms. The first kappa shape index (κ1) is 14.5. The third-order valence-corrected chi connectivity index (χ3v) is 5.05. The zero-order valence-corrected chi connectivity index (χ0v) is 13.6. The van der Waals surface area contributed by atoms with Crippen LogP contribution in [-0.4, -0.2) is 10.9 Å². The fourth-order valence-corrected chi connectivity index (χ4v) is 3.32. The van der Waals surface area contributed by atoms with Gasteiger partial charge in [-0.25, -0.2) is 4.98 Å². The van der Waals surface area contributed by atoms with E-state index in [1.54, 1.807) is 18.2 Å². The van der Waals surface area contributed by atoms with Crippen LogP contribution < -0.4 is 5.32 Å². The monoisotopic (exact) mass is 354 g/mol. The van der Waals surface area contributed by atoms with Gasteiger partial charge in [-0.15, -0.1) is 22.7 Å². The molecular weight excluding hydrogens is 347 g/mol. The standard InChI is InChI=1S/C14H8Cl2N2OS2/c15-9-4-3-8(6-10(9)16)11-7-21-14(17-11)18-13(19)12-2-1-5-20-12/h1-7H,(H,17,18,19). The molecule has 2 aromatic heterocycles. The molecule has 0 bridgehead atoms. The lowest BCUT2D eigenvalue weighted by atomic mass is 10.2. The third kappa shape index (κ3) is 3.27. The Kier molecular flexibility index (Phi) is 4.26. The Morgan fingerprint density at radius 3 is 2.71 bits per heavy atom. The number of thiophene rings is 1. The largest absolute Gasteiger partial charge is 0.297 e. The van der Waals surface area contributed by atoms with Crippen LogP contribution in [0.15, 0.2) is 41.1 Å². The smallest absolute Gasteiger partial charge is 0.267 e. The first-order valence-electron chi connectivity index (χ1n) is 5.89. The summed E-state index contributed by atoms with van der Waals surface area (Å²) in [5, 5.41) is 8.03. The molecule has 0 spiro atoms. The number of hydrogen-bond acceptors (Lipinski definition) is 4. The fourth-order valence-electron chi connectivity index (χ4n) is 1.69. The Balaban J connectivity index is 1.80. The van der Waals surface area contributed by atoms with Gasteiger partial charge in [-0.2, -0.15) is 0 Å². The summed E-state index contributed by atoms with van der Waals surface area (Å²) in [5.41, 5.74) is 1.61. The molecule has 1 aromatic carbocycles. The Morgan fingerprint density at radius 2 is 2.00 bits per heavy atom.